The van der Waals surface area contributed by atoms with E-state index in [1.807, 2.05) is 0 Å². The third-order valence-corrected chi connectivity index (χ3v) is 12.0. The Balaban J connectivity index is 4.41. The number of carbonyl (C=O) groups excluding carboxylic acids is 3. The molecular weight excluding hydrogens is 805 g/mol. The molecule has 0 unspecified atom stereocenters. The van der Waals surface area contributed by atoms with Crippen LogP contribution in [0.15, 0.2) is 60.8 Å². The van der Waals surface area contributed by atoms with Gasteiger partial charge in [0.25, 0.3) is 0 Å². The molecule has 0 fully saturated rings. The molecule has 0 aliphatic heterocycles. The fourth-order valence-electron chi connectivity index (χ4n) is 7.72. The molecule has 0 aliphatic carbocycles. The van der Waals surface area contributed by atoms with Crippen molar-refractivity contribution in [2.75, 3.05) is 13.2 Å². The van der Waals surface area contributed by atoms with Gasteiger partial charge in [0.2, 0.25) is 0 Å². The molecule has 0 aliphatic rings. The average molecular weight is 909 g/mol. The van der Waals surface area contributed by atoms with Crippen LogP contribution in [-0.4, -0.2) is 37.2 Å². The Labute approximate surface area is 402 Å². The van der Waals surface area contributed by atoms with Gasteiger partial charge in [0, 0.05) is 19.3 Å². The monoisotopic (exact) mass is 909 g/mol. The standard InChI is InChI=1S/C59H104O6/c1-4-7-10-13-16-19-22-25-28-30-32-34-37-40-43-46-49-52-58(61)64-55-56(54-63-57(60)51-48-45-42-39-36-33-27-24-21-18-15-12-9-6-3)65-59(62)53-50-47-44-41-38-35-31-29-26-23-20-17-14-11-8-5-2/h15-16,18-19,24-25,27-29,31,56H,4-14,17,20-23,26,30,32-55H2,1-3H3/b18-15-,19-16-,27-24-,28-25-,31-29-/t56-/m1/s1. The van der Waals surface area contributed by atoms with E-state index in [1.165, 1.54) is 135 Å². The van der Waals surface area contributed by atoms with Gasteiger partial charge in [-0.3, -0.25) is 14.4 Å². The van der Waals surface area contributed by atoms with E-state index in [4.69, 9.17) is 14.2 Å². The molecule has 0 aromatic rings. The van der Waals surface area contributed by atoms with Gasteiger partial charge in [0.05, 0.1) is 0 Å². The molecule has 0 saturated heterocycles. The molecule has 376 valence electrons. The summed E-state index contributed by atoms with van der Waals surface area (Å²) in [5, 5.41) is 0. The second-order valence-electron chi connectivity index (χ2n) is 18.5. The van der Waals surface area contributed by atoms with Crippen molar-refractivity contribution >= 4 is 17.9 Å². The summed E-state index contributed by atoms with van der Waals surface area (Å²) < 4.78 is 16.8. The van der Waals surface area contributed by atoms with E-state index in [2.05, 4.69) is 81.5 Å². The van der Waals surface area contributed by atoms with E-state index < -0.39 is 6.10 Å². The number of hydrogen-bond donors (Lipinski definition) is 0. The van der Waals surface area contributed by atoms with Crippen molar-refractivity contribution in [3.05, 3.63) is 60.8 Å². The lowest BCUT2D eigenvalue weighted by Crippen LogP contribution is -2.30. The van der Waals surface area contributed by atoms with Crippen LogP contribution >= 0.6 is 0 Å². The molecule has 0 heterocycles. The largest absolute Gasteiger partial charge is 0.462 e. The molecule has 0 bridgehead atoms. The maximum Gasteiger partial charge on any atom is 0.306 e. The zero-order valence-electron chi connectivity index (χ0n) is 43.0. The smallest absolute Gasteiger partial charge is 0.306 e. The van der Waals surface area contributed by atoms with Crippen molar-refractivity contribution in [2.45, 2.75) is 284 Å². The maximum atomic E-state index is 12.8. The van der Waals surface area contributed by atoms with Crippen molar-refractivity contribution in [1.82, 2.24) is 0 Å². The van der Waals surface area contributed by atoms with Crippen molar-refractivity contribution in [1.29, 1.82) is 0 Å². The third-order valence-electron chi connectivity index (χ3n) is 12.0. The van der Waals surface area contributed by atoms with Crippen LogP contribution in [0.3, 0.4) is 0 Å². The maximum absolute atomic E-state index is 12.8. The zero-order valence-corrected chi connectivity index (χ0v) is 43.0. The molecule has 0 amide bonds. The van der Waals surface area contributed by atoms with E-state index in [-0.39, 0.29) is 31.1 Å². The van der Waals surface area contributed by atoms with Crippen LogP contribution in [-0.2, 0) is 28.6 Å². The first kappa shape index (κ1) is 62.1. The van der Waals surface area contributed by atoms with Crippen LogP contribution in [0.2, 0.25) is 0 Å². The van der Waals surface area contributed by atoms with E-state index >= 15 is 0 Å². The highest BCUT2D eigenvalue weighted by molar-refractivity contribution is 5.71. The van der Waals surface area contributed by atoms with Crippen LogP contribution in [0, 0.1) is 0 Å². The Morgan fingerprint density at radius 1 is 0.308 bits per heavy atom. The average Bonchev–Trinajstić information content (AvgIpc) is 3.30. The molecular formula is C59H104O6. The third kappa shape index (κ3) is 51.9. The minimum Gasteiger partial charge on any atom is -0.462 e. The molecule has 0 spiro atoms. The number of carbonyl (C=O) groups is 3. The quantitative estimate of drug-likeness (QED) is 0.0262. The zero-order chi connectivity index (χ0) is 47.2. The van der Waals surface area contributed by atoms with Crippen molar-refractivity contribution in [2.24, 2.45) is 0 Å². The lowest BCUT2D eigenvalue weighted by Gasteiger charge is -2.18. The van der Waals surface area contributed by atoms with Gasteiger partial charge in [-0.05, 0) is 103 Å². The number of hydrogen-bond acceptors (Lipinski definition) is 6. The Bertz CT molecular complexity index is 1180. The SMILES string of the molecule is CCCC/C=C\C/C=C\CCCCCCCC(=O)OC[C@H](COC(=O)CCCCCCCCC/C=C\C/C=C\CCCCC)OC(=O)CCCCCCC/C=C\CCCCCCCCC. The summed E-state index contributed by atoms with van der Waals surface area (Å²) in [4.78, 5) is 38.1. The van der Waals surface area contributed by atoms with Crippen LogP contribution in [0.25, 0.3) is 0 Å². The van der Waals surface area contributed by atoms with E-state index in [9.17, 15) is 14.4 Å². The lowest BCUT2D eigenvalue weighted by molar-refractivity contribution is -0.167. The molecule has 6 heteroatoms. The van der Waals surface area contributed by atoms with Crippen molar-refractivity contribution < 1.29 is 28.6 Å². The van der Waals surface area contributed by atoms with Gasteiger partial charge < -0.3 is 14.2 Å². The summed E-state index contributed by atoms with van der Waals surface area (Å²) in [6, 6.07) is 0. The molecule has 0 aromatic heterocycles. The minimum atomic E-state index is -0.787. The first-order chi connectivity index (χ1) is 32.0. The van der Waals surface area contributed by atoms with Gasteiger partial charge >= 0.3 is 17.9 Å². The van der Waals surface area contributed by atoms with Gasteiger partial charge in [-0.2, -0.15) is 0 Å². The highest BCUT2D eigenvalue weighted by atomic mass is 16.6. The first-order valence-corrected chi connectivity index (χ1v) is 27.8. The number of rotatable bonds is 50. The summed E-state index contributed by atoms with van der Waals surface area (Å²) in [7, 11) is 0. The van der Waals surface area contributed by atoms with Gasteiger partial charge in [0.15, 0.2) is 6.10 Å². The van der Waals surface area contributed by atoms with Gasteiger partial charge in [-0.1, -0.05) is 216 Å². The highest BCUT2D eigenvalue weighted by Gasteiger charge is 2.19. The number of allylic oxidation sites excluding steroid dienone is 10. The number of unbranched alkanes of at least 4 members (excludes halogenated alkanes) is 29. The molecule has 0 N–H and O–H groups in total. The van der Waals surface area contributed by atoms with Crippen LogP contribution in [0.4, 0.5) is 0 Å². The summed E-state index contributed by atoms with van der Waals surface area (Å²) in [5.74, 6) is -0.908. The molecule has 1 atom stereocenters. The van der Waals surface area contributed by atoms with Gasteiger partial charge in [-0.15, -0.1) is 0 Å². The lowest BCUT2D eigenvalue weighted by atomic mass is 10.1. The number of ether oxygens (including phenoxy) is 3. The molecule has 0 rings (SSSR count). The summed E-state index contributed by atoms with van der Waals surface area (Å²) in [5.41, 5.74) is 0. The minimum absolute atomic E-state index is 0.0857. The van der Waals surface area contributed by atoms with Gasteiger partial charge in [0.1, 0.15) is 13.2 Å². The van der Waals surface area contributed by atoms with Crippen molar-refractivity contribution in [3.8, 4) is 0 Å². The Morgan fingerprint density at radius 3 is 0.938 bits per heavy atom. The normalized spacial score (nSPS) is 12.5. The molecule has 0 radical (unpaired) electrons. The van der Waals surface area contributed by atoms with Crippen molar-refractivity contribution in [3.63, 3.8) is 0 Å². The summed E-state index contributed by atoms with van der Waals surface area (Å²) in [6.45, 7) is 6.56. The second kappa shape index (κ2) is 53.7. The van der Waals surface area contributed by atoms with Crippen LogP contribution < -0.4 is 0 Å². The Kier molecular flexibility index (Phi) is 51.3. The topological polar surface area (TPSA) is 78.9 Å². The van der Waals surface area contributed by atoms with Crippen LogP contribution in [0.1, 0.15) is 278 Å². The predicted octanol–water partition coefficient (Wildman–Crippen LogP) is 18.4. The van der Waals surface area contributed by atoms with E-state index in [0.717, 1.165) is 103 Å². The first-order valence-electron chi connectivity index (χ1n) is 27.8. The molecule has 0 aromatic carbocycles. The van der Waals surface area contributed by atoms with Gasteiger partial charge in [-0.25, -0.2) is 0 Å². The Hall–Kier alpha value is -2.89. The number of esters is 3. The predicted molar refractivity (Wildman–Crippen MR) is 279 cm³/mol. The fraction of sp³-hybridized carbons (Fsp3) is 0.780. The van der Waals surface area contributed by atoms with E-state index in [0.29, 0.717) is 19.3 Å². The summed E-state index contributed by atoms with van der Waals surface area (Å²) >= 11 is 0. The molecule has 0 saturated carbocycles. The summed E-state index contributed by atoms with van der Waals surface area (Å²) in [6.07, 6.45) is 66.3. The molecule has 6 nitrogen and oxygen atoms in total. The highest BCUT2D eigenvalue weighted by Crippen LogP contribution is 2.14. The van der Waals surface area contributed by atoms with Crippen LogP contribution in [0.5, 0.6) is 0 Å². The Morgan fingerprint density at radius 2 is 0.569 bits per heavy atom. The fourth-order valence-corrected chi connectivity index (χ4v) is 7.72. The van der Waals surface area contributed by atoms with E-state index in [1.54, 1.807) is 0 Å². The molecule has 65 heavy (non-hydrogen) atoms. The second-order valence-corrected chi connectivity index (χ2v) is 18.5.